The van der Waals surface area contributed by atoms with Gasteiger partial charge in [0.05, 0.1) is 11.3 Å². The van der Waals surface area contributed by atoms with Crippen LogP contribution in [0, 0.1) is 6.92 Å². The van der Waals surface area contributed by atoms with Crippen molar-refractivity contribution in [1.82, 2.24) is 4.98 Å². The summed E-state index contributed by atoms with van der Waals surface area (Å²) in [7, 11) is 0. The largest absolute Gasteiger partial charge is 0.422 e. The minimum Gasteiger partial charge on any atom is -0.422 e. The average Bonchev–Trinajstić information content (AvgIpc) is 3.05. The number of thiazole rings is 1. The summed E-state index contributed by atoms with van der Waals surface area (Å²) in [5.74, 6) is 0. The Kier molecular flexibility index (Phi) is 3.32. The van der Waals surface area contributed by atoms with E-state index in [0.29, 0.717) is 16.8 Å². The Morgan fingerprint density at radius 2 is 1.74 bits per heavy atom. The van der Waals surface area contributed by atoms with E-state index in [0.717, 1.165) is 21.5 Å². The van der Waals surface area contributed by atoms with Crippen molar-refractivity contribution in [2.75, 3.05) is 0 Å². The van der Waals surface area contributed by atoms with Crippen molar-refractivity contribution in [2.24, 2.45) is 0 Å². The van der Waals surface area contributed by atoms with E-state index in [1.807, 2.05) is 66.9 Å². The Balaban J connectivity index is 1.90. The van der Waals surface area contributed by atoms with Gasteiger partial charge in [0, 0.05) is 16.3 Å². The van der Waals surface area contributed by atoms with Gasteiger partial charge in [0.25, 0.3) is 0 Å². The summed E-state index contributed by atoms with van der Waals surface area (Å²) in [5, 5.41) is 3.75. The molecule has 4 aromatic rings. The summed E-state index contributed by atoms with van der Waals surface area (Å²) >= 11 is 1.53. The van der Waals surface area contributed by atoms with Crippen molar-refractivity contribution < 1.29 is 4.42 Å². The first-order chi connectivity index (χ1) is 11.2. The van der Waals surface area contributed by atoms with Crippen LogP contribution in [0.5, 0.6) is 0 Å². The van der Waals surface area contributed by atoms with Crippen LogP contribution in [0.3, 0.4) is 0 Å². The number of benzene rings is 2. The molecule has 4 heteroatoms. The van der Waals surface area contributed by atoms with Gasteiger partial charge in [-0.25, -0.2) is 9.78 Å². The molecule has 0 bridgehead atoms. The minimum atomic E-state index is -0.342. The summed E-state index contributed by atoms with van der Waals surface area (Å²) in [6, 6.07) is 17.5. The summed E-state index contributed by atoms with van der Waals surface area (Å²) in [6.07, 6.45) is 0. The molecule has 23 heavy (non-hydrogen) atoms. The standard InChI is InChI=1S/C19H13NO2S/c1-12-14-9-5-6-10-16(14)22-19(21)17(12)15-11-23-18(20-15)13-7-3-2-4-8-13/h2-11H,1H3. The van der Waals surface area contributed by atoms with Gasteiger partial charge < -0.3 is 4.42 Å². The lowest BCUT2D eigenvalue weighted by molar-refractivity contribution is 0.562. The number of hydrogen-bond acceptors (Lipinski definition) is 4. The van der Waals surface area contributed by atoms with Crippen LogP contribution in [0.1, 0.15) is 5.56 Å². The van der Waals surface area contributed by atoms with Gasteiger partial charge >= 0.3 is 5.63 Å². The van der Waals surface area contributed by atoms with Gasteiger partial charge in [0.2, 0.25) is 0 Å². The van der Waals surface area contributed by atoms with Crippen LogP contribution in [-0.2, 0) is 0 Å². The summed E-state index contributed by atoms with van der Waals surface area (Å²) in [4.78, 5) is 17.0. The third-order valence-electron chi connectivity index (χ3n) is 3.85. The first-order valence-corrected chi connectivity index (χ1v) is 8.16. The highest BCUT2D eigenvalue weighted by Crippen LogP contribution is 2.31. The number of para-hydroxylation sites is 1. The molecule has 2 aromatic heterocycles. The van der Waals surface area contributed by atoms with Crippen molar-refractivity contribution in [3.8, 4) is 21.8 Å². The predicted octanol–water partition coefficient (Wildman–Crippen LogP) is 4.89. The van der Waals surface area contributed by atoms with Gasteiger partial charge in [-0.15, -0.1) is 11.3 Å². The fourth-order valence-electron chi connectivity index (χ4n) is 2.70. The first kappa shape index (κ1) is 13.9. The Morgan fingerprint density at radius 1 is 1.00 bits per heavy atom. The van der Waals surface area contributed by atoms with Crippen molar-refractivity contribution in [3.63, 3.8) is 0 Å². The van der Waals surface area contributed by atoms with Crippen LogP contribution < -0.4 is 5.63 Å². The molecule has 2 heterocycles. The van der Waals surface area contributed by atoms with Crippen LogP contribution in [0.25, 0.3) is 32.8 Å². The number of hydrogen-bond donors (Lipinski definition) is 0. The summed E-state index contributed by atoms with van der Waals surface area (Å²) in [5.41, 5.74) is 3.43. The van der Waals surface area contributed by atoms with E-state index in [1.165, 1.54) is 11.3 Å². The summed E-state index contributed by atoms with van der Waals surface area (Å²) < 4.78 is 5.45. The molecule has 0 aliphatic carbocycles. The van der Waals surface area contributed by atoms with Crippen molar-refractivity contribution in [2.45, 2.75) is 6.92 Å². The number of aromatic nitrogens is 1. The normalized spacial score (nSPS) is 11.0. The molecule has 112 valence electrons. The number of aryl methyl sites for hydroxylation is 1. The highest BCUT2D eigenvalue weighted by atomic mass is 32.1. The average molecular weight is 319 g/mol. The number of rotatable bonds is 2. The third-order valence-corrected chi connectivity index (χ3v) is 4.75. The Hall–Kier alpha value is -2.72. The van der Waals surface area contributed by atoms with Crippen LogP contribution in [0.15, 0.2) is 69.2 Å². The molecular formula is C19H13NO2S. The quantitative estimate of drug-likeness (QED) is 0.494. The van der Waals surface area contributed by atoms with Gasteiger partial charge in [-0.3, -0.25) is 0 Å². The van der Waals surface area contributed by atoms with E-state index in [2.05, 4.69) is 4.98 Å². The highest BCUT2D eigenvalue weighted by Gasteiger charge is 2.16. The Bertz CT molecular complexity index is 1050. The minimum absolute atomic E-state index is 0.342. The van der Waals surface area contributed by atoms with Crippen molar-refractivity contribution in [1.29, 1.82) is 0 Å². The molecule has 3 nitrogen and oxygen atoms in total. The van der Waals surface area contributed by atoms with E-state index in [-0.39, 0.29) is 5.63 Å². The van der Waals surface area contributed by atoms with Crippen molar-refractivity contribution in [3.05, 3.63) is 76.0 Å². The number of fused-ring (bicyclic) bond motifs is 1. The van der Waals surface area contributed by atoms with E-state index in [4.69, 9.17) is 4.42 Å². The maximum atomic E-state index is 12.4. The molecule has 0 amide bonds. The SMILES string of the molecule is Cc1c(-c2csc(-c3ccccc3)n2)c(=O)oc2ccccc12. The van der Waals surface area contributed by atoms with E-state index >= 15 is 0 Å². The monoisotopic (exact) mass is 319 g/mol. The molecule has 0 atom stereocenters. The van der Waals surface area contributed by atoms with E-state index in [1.54, 1.807) is 0 Å². The lowest BCUT2D eigenvalue weighted by Crippen LogP contribution is -2.06. The van der Waals surface area contributed by atoms with Crippen LogP contribution in [0.4, 0.5) is 0 Å². The third kappa shape index (κ3) is 2.37. The molecule has 0 N–H and O–H groups in total. The second-order valence-electron chi connectivity index (χ2n) is 5.29. The van der Waals surface area contributed by atoms with E-state index in [9.17, 15) is 4.79 Å². The molecule has 0 spiro atoms. The van der Waals surface area contributed by atoms with Crippen LogP contribution >= 0.6 is 11.3 Å². The zero-order chi connectivity index (χ0) is 15.8. The Labute approximate surface area is 136 Å². The van der Waals surface area contributed by atoms with Crippen LogP contribution in [0.2, 0.25) is 0 Å². The molecule has 0 unspecified atom stereocenters. The Morgan fingerprint density at radius 3 is 2.57 bits per heavy atom. The van der Waals surface area contributed by atoms with Gasteiger partial charge in [-0.1, -0.05) is 48.5 Å². The van der Waals surface area contributed by atoms with Gasteiger partial charge in [-0.05, 0) is 18.6 Å². The molecule has 0 aliphatic rings. The second kappa shape index (κ2) is 5.48. The van der Waals surface area contributed by atoms with Gasteiger partial charge in [-0.2, -0.15) is 0 Å². The molecule has 0 saturated carbocycles. The van der Waals surface area contributed by atoms with Gasteiger partial charge in [0.1, 0.15) is 10.6 Å². The van der Waals surface area contributed by atoms with Crippen LogP contribution in [-0.4, -0.2) is 4.98 Å². The smallest absolute Gasteiger partial charge is 0.346 e. The molecule has 2 aromatic carbocycles. The van der Waals surface area contributed by atoms with Gasteiger partial charge in [0.15, 0.2) is 0 Å². The zero-order valence-electron chi connectivity index (χ0n) is 12.4. The molecular weight excluding hydrogens is 306 g/mol. The fraction of sp³-hybridized carbons (Fsp3) is 0.0526. The lowest BCUT2D eigenvalue weighted by Gasteiger charge is -2.05. The number of nitrogens with zero attached hydrogens (tertiary/aromatic N) is 1. The second-order valence-corrected chi connectivity index (χ2v) is 6.15. The molecule has 4 rings (SSSR count). The molecule has 0 saturated heterocycles. The molecule has 0 aliphatic heterocycles. The predicted molar refractivity (Wildman–Crippen MR) is 93.8 cm³/mol. The van der Waals surface area contributed by atoms with Crippen molar-refractivity contribution >= 4 is 22.3 Å². The maximum Gasteiger partial charge on any atom is 0.346 e. The topological polar surface area (TPSA) is 43.1 Å². The fourth-order valence-corrected chi connectivity index (χ4v) is 3.52. The first-order valence-electron chi connectivity index (χ1n) is 7.28. The molecule has 0 radical (unpaired) electrons. The molecule has 0 fully saturated rings. The maximum absolute atomic E-state index is 12.4. The highest BCUT2D eigenvalue weighted by molar-refractivity contribution is 7.13. The zero-order valence-corrected chi connectivity index (χ0v) is 13.3. The lowest BCUT2D eigenvalue weighted by atomic mass is 10.0. The van der Waals surface area contributed by atoms with E-state index < -0.39 is 0 Å². The summed E-state index contributed by atoms with van der Waals surface area (Å²) in [6.45, 7) is 1.94.